The van der Waals surface area contributed by atoms with Crippen molar-refractivity contribution in [2.45, 2.75) is 50.5 Å². The minimum Gasteiger partial charge on any atom is -0.476 e. The van der Waals surface area contributed by atoms with Gasteiger partial charge in [0.05, 0.1) is 0 Å². The first-order valence-corrected chi connectivity index (χ1v) is 8.26. The van der Waals surface area contributed by atoms with Crippen LogP contribution in [-0.2, 0) is 0 Å². The molecule has 1 saturated heterocycles. The van der Waals surface area contributed by atoms with E-state index in [1.54, 1.807) is 6.07 Å². The van der Waals surface area contributed by atoms with Gasteiger partial charge in [-0.15, -0.1) is 10.2 Å². The van der Waals surface area contributed by atoms with Gasteiger partial charge in [0, 0.05) is 12.1 Å². The molecule has 6 nitrogen and oxygen atoms in total. The molecular formula is C16H24N4O2. The van der Waals surface area contributed by atoms with Crippen LogP contribution in [0.5, 0.6) is 0 Å². The Morgan fingerprint density at radius 3 is 2.45 bits per heavy atom. The number of nitrogens with zero attached hydrogens (tertiary/aromatic N) is 3. The molecule has 0 unspecified atom stereocenters. The first-order chi connectivity index (χ1) is 10.7. The number of hydrogen-bond donors (Lipinski definition) is 2. The quantitative estimate of drug-likeness (QED) is 0.869. The molecule has 2 aliphatic rings. The number of aromatic carboxylic acids is 1. The summed E-state index contributed by atoms with van der Waals surface area (Å²) in [7, 11) is 0. The Bertz CT molecular complexity index is 505. The van der Waals surface area contributed by atoms with Crippen LogP contribution in [0.4, 0.5) is 5.82 Å². The number of likely N-dealkylation sites (tertiary alicyclic amines) is 1. The van der Waals surface area contributed by atoms with Crippen molar-refractivity contribution in [3.8, 4) is 0 Å². The highest BCUT2D eigenvalue weighted by Gasteiger charge is 2.39. The smallest absolute Gasteiger partial charge is 0.356 e. The molecule has 0 bridgehead atoms. The normalized spacial score (nSPS) is 21.6. The molecule has 1 aliphatic heterocycles. The van der Waals surface area contributed by atoms with E-state index in [0.717, 1.165) is 6.54 Å². The van der Waals surface area contributed by atoms with Gasteiger partial charge in [0.15, 0.2) is 5.69 Å². The highest BCUT2D eigenvalue weighted by Crippen LogP contribution is 2.37. The van der Waals surface area contributed by atoms with Crippen molar-refractivity contribution >= 4 is 11.8 Å². The molecule has 0 radical (unpaired) electrons. The largest absolute Gasteiger partial charge is 0.476 e. The van der Waals surface area contributed by atoms with Gasteiger partial charge in [-0.1, -0.05) is 19.3 Å². The molecule has 0 spiro atoms. The Morgan fingerprint density at radius 2 is 1.86 bits per heavy atom. The van der Waals surface area contributed by atoms with Crippen LogP contribution in [0.3, 0.4) is 0 Å². The number of hydrogen-bond acceptors (Lipinski definition) is 5. The van der Waals surface area contributed by atoms with Crippen LogP contribution in [-0.4, -0.2) is 51.3 Å². The highest BCUT2D eigenvalue weighted by atomic mass is 16.4. The number of carboxylic acids is 1. The Labute approximate surface area is 130 Å². The third kappa shape index (κ3) is 3.21. The van der Waals surface area contributed by atoms with Crippen LogP contribution in [0.25, 0.3) is 0 Å². The van der Waals surface area contributed by atoms with Crippen LogP contribution >= 0.6 is 0 Å². The molecule has 0 amide bonds. The summed E-state index contributed by atoms with van der Waals surface area (Å²) in [4.78, 5) is 13.5. The van der Waals surface area contributed by atoms with Crippen molar-refractivity contribution in [2.24, 2.45) is 0 Å². The topological polar surface area (TPSA) is 78.4 Å². The maximum atomic E-state index is 10.8. The Hall–Kier alpha value is -1.69. The minimum atomic E-state index is -1.04. The molecule has 1 aromatic rings. The fourth-order valence-corrected chi connectivity index (χ4v) is 3.80. The zero-order chi connectivity index (χ0) is 15.4. The van der Waals surface area contributed by atoms with Gasteiger partial charge in [0.1, 0.15) is 5.82 Å². The summed E-state index contributed by atoms with van der Waals surface area (Å²) in [6.45, 7) is 3.27. The van der Waals surface area contributed by atoms with Crippen LogP contribution in [0, 0.1) is 0 Å². The third-order valence-corrected chi connectivity index (χ3v) is 5.04. The van der Waals surface area contributed by atoms with Gasteiger partial charge in [-0.25, -0.2) is 4.79 Å². The average Bonchev–Trinajstić information content (AvgIpc) is 3.04. The molecule has 1 saturated carbocycles. The van der Waals surface area contributed by atoms with E-state index in [1.807, 2.05) is 0 Å². The fraction of sp³-hybridized carbons (Fsp3) is 0.688. The maximum Gasteiger partial charge on any atom is 0.356 e. The number of piperidine rings is 1. The van der Waals surface area contributed by atoms with Gasteiger partial charge >= 0.3 is 5.97 Å². The summed E-state index contributed by atoms with van der Waals surface area (Å²) in [6, 6.07) is 3.20. The predicted molar refractivity (Wildman–Crippen MR) is 84.1 cm³/mol. The summed E-state index contributed by atoms with van der Waals surface area (Å²) in [5.74, 6) is -0.382. The van der Waals surface area contributed by atoms with Crippen LogP contribution in [0.2, 0.25) is 0 Å². The first-order valence-electron chi connectivity index (χ1n) is 8.26. The highest BCUT2D eigenvalue weighted by molar-refractivity contribution is 5.85. The second-order valence-corrected chi connectivity index (χ2v) is 6.44. The summed E-state index contributed by atoms with van der Waals surface area (Å²) in [5, 5.41) is 20.0. The molecule has 2 heterocycles. The number of nitrogens with one attached hydrogen (secondary N) is 1. The van der Waals surface area contributed by atoms with Crippen LogP contribution < -0.4 is 5.32 Å². The molecule has 2 N–H and O–H groups in total. The van der Waals surface area contributed by atoms with Crippen LogP contribution in [0.15, 0.2) is 12.1 Å². The Balaban J connectivity index is 1.65. The molecule has 6 heteroatoms. The minimum absolute atomic E-state index is 0.0165. The second-order valence-electron chi connectivity index (χ2n) is 6.44. The van der Waals surface area contributed by atoms with E-state index in [2.05, 4.69) is 20.4 Å². The first kappa shape index (κ1) is 15.2. The molecule has 3 rings (SSSR count). The lowest BCUT2D eigenvalue weighted by Gasteiger charge is -2.43. The second kappa shape index (κ2) is 6.60. The zero-order valence-corrected chi connectivity index (χ0v) is 12.9. The molecular weight excluding hydrogens is 280 g/mol. The summed E-state index contributed by atoms with van der Waals surface area (Å²) in [6.07, 6.45) is 9.01. The van der Waals surface area contributed by atoms with E-state index >= 15 is 0 Å². The fourth-order valence-electron chi connectivity index (χ4n) is 3.80. The van der Waals surface area contributed by atoms with E-state index in [4.69, 9.17) is 5.11 Å². The lowest BCUT2D eigenvalue weighted by atomic mass is 9.92. The van der Waals surface area contributed by atoms with Crippen molar-refractivity contribution in [2.75, 3.05) is 25.0 Å². The van der Waals surface area contributed by atoms with E-state index in [9.17, 15) is 4.79 Å². The van der Waals surface area contributed by atoms with Gasteiger partial charge in [-0.05, 0) is 50.9 Å². The molecule has 22 heavy (non-hydrogen) atoms. The number of carboxylic acid groups (broad SMARTS) is 1. The van der Waals surface area contributed by atoms with Gasteiger partial charge in [-0.3, -0.25) is 4.90 Å². The number of anilines is 1. The van der Waals surface area contributed by atoms with Crippen molar-refractivity contribution in [3.63, 3.8) is 0 Å². The molecule has 0 aromatic carbocycles. The Morgan fingerprint density at radius 1 is 1.14 bits per heavy atom. The number of aromatic nitrogens is 2. The van der Waals surface area contributed by atoms with Gasteiger partial charge in [0.2, 0.25) is 0 Å². The molecule has 0 atom stereocenters. The average molecular weight is 304 g/mol. The lowest BCUT2D eigenvalue weighted by Crippen LogP contribution is -2.53. The maximum absolute atomic E-state index is 10.8. The molecule has 2 fully saturated rings. The number of rotatable bonds is 5. The van der Waals surface area contributed by atoms with E-state index in [0.29, 0.717) is 5.82 Å². The van der Waals surface area contributed by atoms with E-state index < -0.39 is 5.97 Å². The molecule has 1 aromatic heterocycles. The molecule has 120 valence electrons. The van der Waals surface area contributed by atoms with Crippen molar-refractivity contribution < 1.29 is 9.90 Å². The summed E-state index contributed by atoms with van der Waals surface area (Å²) in [5.41, 5.74) is 0.227. The van der Waals surface area contributed by atoms with Gasteiger partial charge in [-0.2, -0.15) is 0 Å². The summed E-state index contributed by atoms with van der Waals surface area (Å²) >= 11 is 0. The summed E-state index contributed by atoms with van der Waals surface area (Å²) < 4.78 is 0. The standard InChI is InChI=1S/C16H24N4O2/c21-15(22)13-6-7-14(19-18-13)17-12-16(8-2-3-9-16)20-10-4-1-5-11-20/h6-7H,1-5,8-12H2,(H,17,19)(H,21,22). The predicted octanol–water partition coefficient (Wildman–Crippen LogP) is 2.39. The monoisotopic (exact) mass is 304 g/mol. The van der Waals surface area contributed by atoms with Crippen LogP contribution in [0.1, 0.15) is 55.4 Å². The van der Waals surface area contributed by atoms with Crippen molar-refractivity contribution in [1.29, 1.82) is 0 Å². The van der Waals surface area contributed by atoms with Crippen molar-refractivity contribution in [1.82, 2.24) is 15.1 Å². The van der Waals surface area contributed by atoms with E-state index in [-0.39, 0.29) is 11.2 Å². The lowest BCUT2D eigenvalue weighted by molar-refractivity contribution is 0.0689. The van der Waals surface area contributed by atoms with Gasteiger partial charge < -0.3 is 10.4 Å². The third-order valence-electron chi connectivity index (χ3n) is 5.04. The van der Waals surface area contributed by atoms with E-state index in [1.165, 1.54) is 64.1 Å². The van der Waals surface area contributed by atoms with Crippen molar-refractivity contribution in [3.05, 3.63) is 17.8 Å². The van der Waals surface area contributed by atoms with Gasteiger partial charge in [0.25, 0.3) is 0 Å². The molecule has 1 aliphatic carbocycles. The number of carbonyl (C=O) groups is 1. The SMILES string of the molecule is O=C(O)c1ccc(NCC2(N3CCCCC3)CCCC2)nn1. The zero-order valence-electron chi connectivity index (χ0n) is 12.9. The Kier molecular flexibility index (Phi) is 4.57.